The summed E-state index contributed by atoms with van der Waals surface area (Å²) in [7, 11) is 0. The Kier molecular flexibility index (Phi) is 4.55. The molecule has 1 N–H and O–H groups in total. The molecule has 16 heavy (non-hydrogen) atoms. The van der Waals surface area contributed by atoms with E-state index in [1.807, 2.05) is 12.1 Å². The number of aliphatic hydroxyl groups is 1. The molecule has 88 valence electrons. The fourth-order valence-electron chi connectivity index (χ4n) is 2.00. The number of hydrogen-bond acceptors (Lipinski definition) is 3. The summed E-state index contributed by atoms with van der Waals surface area (Å²) >= 11 is 2.05. The number of rotatable bonds is 4. The third-order valence-corrected chi connectivity index (χ3v) is 4.09. The summed E-state index contributed by atoms with van der Waals surface area (Å²) in [5.41, 5.74) is 1.42. The van der Waals surface area contributed by atoms with Crippen molar-refractivity contribution in [1.29, 1.82) is 0 Å². The third kappa shape index (κ3) is 3.16. The molecular formula is C13H18O2S. The summed E-state index contributed by atoms with van der Waals surface area (Å²) in [6.45, 7) is 0.444. The lowest BCUT2D eigenvalue weighted by atomic mass is 9.96. The van der Waals surface area contributed by atoms with E-state index in [1.54, 1.807) is 0 Å². The van der Waals surface area contributed by atoms with Gasteiger partial charge in [0.15, 0.2) is 0 Å². The summed E-state index contributed by atoms with van der Waals surface area (Å²) in [6, 6.07) is 8.32. The Morgan fingerprint density at radius 3 is 2.75 bits per heavy atom. The first-order valence-electron chi connectivity index (χ1n) is 5.81. The van der Waals surface area contributed by atoms with Gasteiger partial charge in [-0.3, -0.25) is 0 Å². The molecule has 0 aliphatic carbocycles. The molecule has 0 aromatic heterocycles. The minimum atomic E-state index is 0.0705. The van der Waals surface area contributed by atoms with Crippen LogP contribution in [0, 0.1) is 0 Å². The Balaban J connectivity index is 1.95. The molecule has 1 heterocycles. The van der Waals surface area contributed by atoms with Crippen LogP contribution in [0.2, 0.25) is 0 Å². The van der Waals surface area contributed by atoms with Gasteiger partial charge in [-0.15, -0.1) is 0 Å². The molecule has 1 aromatic carbocycles. The van der Waals surface area contributed by atoms with Gasteiger partial charge in [-0.25, -0.2) is 0 Å². The third-order valence-electron chi connectivity index (χ3n) is 2.87. The van der Waals surface area contributed by atoms with Crippen LogP contribution >= 0.6 is 11.8 Å². The molecule has 1 unspecified atom stereocenters. The summed E-state index contributed by atoms with van der Waals surface area (Å²) in [5, 5.41) is 8.66. The molecule has 1 aromatic rings. The highest BCUT2D eigenvalue weighted by Crippen LogP contribution is 2.31. The van der Waals surface area contributed by atoms with Crippen LogP contribution < -0.4 is 4.74 Å². The second kappa shape index (κ2) is 6.16. The maximum atomic E-state index is 8.66. The molecule has 2 rings (SSSR count). The van der Waals surface area contributed by atoms with Crippen molar-refractivity contribution in [2.75, 3.05) is 24.7 Å². The lowest BCUT2D eigenvalue weighted by Gasteiger charge is -2.21. The zero-order chi connectivity index (χ0) is 11.2. The Labute approximate surface area is 101 Å². The van der Waals surface area contributed by atoms with Crippen molar-refractivity contribution in [3.63, 3.8) is 0 Å². The van der Waals surface area contributed by atoms with Crippen LogP contribution in [-0.4, -0.2) is 29.8 Å². The molecule has 0 spiro atoms. The first-order chi connectivity index (χ1) is 7.90. The zero-order valence-corrected chi connectivity index (χ0v) is 10.2. The molecule has 3 heteroatoms. The van der Waals surface area contributed by atoms with Crippen molar-refractivity contribution in [1.82, 2.24) is 0 Å². The Bertz CT molecular complexity index is 304. The van der Waals surface area contributed by atoms with E-state index < -0.39 is 0 Å². The maximum Gasteiger partial charge on any atom is 0.119 e. The van der Waals surface area contributed by atoms with Gasteiger partial charge in [0.05, 0.1) is 6.61 Å². The standard InChI is InChI=1S/C13H18O2S/c14-7-8-15-13-5-3-11(4-6-13)12-2-1-9-16-10-12/h3-6,12,14H,1-2,7-10H2. The van der Waals surface area contributed by atoms with Crippen molar-refractivity contribution in [3.05, 3.63) is 29.8 Å². The molecule has 0 radical (unpaired) electrons. The van der Waals surface area contributed by atoms with E-state index in [0.29, 0.717) is 12.5 Å². The van der Waals surface area contributed by atoms with Gasteiger partial charge in [0.25, 0.3) is 0 Å². The second-order valence-electron chi connectivity index (χ2n) is 4.06. The van der Waals surface area contributed by atoms with Gasteiger partial charge in [-0.2, -0.15) is 11.8 Å². The molecule has 0 amide bonds. The van der Waals surface area contributed by atoms with Crippen molar-refractivity contribution >= 4 is 11.8 Å². The van der Waals surface area contributed by atoms with Crippen LogP contribution in [0.15, 0.2) is 24.3 Å². The highest BCUT2D eigenvalue weighted by atomic mass is 32.2. The van der Waals surface area contributed by atoms with Crippen molar-refractivity contribution in [2.45, 2.75) is 18.8 Å². The molecule has 1 saturated heterocycles. The summed E-state index contributed by atoms with van der Waals surface area (Å²) < 4.78 is 5.34. The number of aliphatic hydroxyl groups excluding tert-OH is 1. The van der Waals surface area contributed by atoms with Crippen molar-refractivity contribution in [3.8, 4) is 5.75 Å². The van der Waals surface area contributed by atoms with Crippen LogP contribution in [-0.2, 0) is 0 Å². The predicted molar refractivity (Wildman–Crippen MR) is 68.3 cm³/mol. The predicted octanol–water partition coefficient (Wildman–Crippen LogP) is 2.67. The molecule has 1 aliphatic rings. The number of hydrogen-bond donors (Lipinski definition) is 1. The second-order valence-corrected chi connectivity index (χ2v) is 5.21. The van der Waals surface area contributed by atoms with E-state index in [1.165, 1.54) is 29.9 Å². The SMILES string of the molecule is OCCOc1ccc(C2CCCSC2)cc1. The molecule has 1 atom stereocenters. The lowest BCUT2D eigenvalue weighted by Crippen LogP contribution is -2.08. The van der Waals surface area contributed by atoms with Crippen LogP contribution in [0.5, 0.6) is 5.75 Å². The van der Waals surface area contributed by atoms with Gasteiger partial charge in [0, 0.05) is 5.75 Å². The molecule has 2 nitrogen and oxygen atoms in total. The van der Waals surface area contributed by atoms with Crippen LogP contribution in [0.4, 0.5) is 0 Å². The van der Waals surface area contributed by atoms with Gasteiger partial charge in [-0.1, -0.05) is 12.1 Å². The van der Waals surface area contributed by atoms with E-state index in [-0.39, 0.29) is 6.61 Å². The minimum absolute atomic E-state index is 0.0705. The van der Waals surface area contributed by atoms with Gasteiger partial charge in [0.2, 0.25) is 0 Å². The van der Waals surface area contributed by atoms with E-state index >= 15 is 0 Å². The molecular weight excluding hydrogens is 220 g/mol. The molecule has 1 aliphatic heterocycles. The fourth-order valence-corrected chi connectivity index (χ4v) is 3.18. The van der Waals surface area contributed by atoms with Crippen molar-refractivity contribution in [2.24, 2.45) is 0 Å². The van der Waals surface area contributed by atoms with Gasteiger partial charge >= 0.3 is 0 Å². The molecule has 0 bridgehead atoms. The van der Waals surface area contributed by atoms with E-state index in [2.05, 4.69) is 23.9 Å². The van der Waals surface area contributed by atoms with Crippen LogP contribution in [0.1, 0.15) is 24.3 Å². The zero-order valence-electron chi connectivity index (χ0n) is 9.39. The number of ether oxygens (including phenoxy) is 1. The first-order valence-corrected chi connectivity index (χ1v) is 6.97. The Morgan fingerprint density at radius 1 is 1.31 bits per heavy atom. The van der Waals surface area contributed by atoms with Gasteiger partial charge in [-0.05, 0) is 42.2 Å². The van der Waals surface area contributed by atoms with Gasteiger partial charge in [0.1, 0.15) is 12.4 Å². The van der Waals surface area contributed by atoms with Crippen LogP contribution in [0.3, 0.4) is 0 Å². The maximum absolute atomic E-state index is 8.66. The highest BCUT2D eigenvalue weighted by molar-refractivity contribution is 7.99. The molecule has 0 saturated carbocycles. The average Bonchev–Trinajstić information content (AvgIpc) is 2.38. The fraction of sp³-hybridized carbons (Fsp3) is 0.538. The minimum Gasteiger partial charge on any atom is -0.491 e. The Morgan fingerprint density at radius 2 is 2.12 bits per heavy atom. The quantitative estimate of drug-likeness (QED) is 0.874. The largest absolute Gasteiger partial charge is 0.491 e. The first kappa shape index (κ1) is 11.8. The molecule has 1 fully saturated rings. The Hall–Kier alpha value is -0.670. The number of benzene rings is 1. The number of thioether (sulfide) groups is 1. The van der Waals surface area contributed by atoms with Crippen molar-refractivity contribution < 1.29 is 9.84 Å². The van der Waals surface area contributed by atoms with Crippen LogP contribution in [0.25, 0.3) is 0 Å². The highest BCUT2D eigenvalue weighted by Gasteiger charge is 2.15. The topological polar surface area (TPSA) is 29.5 Å². The summed E-state index contributed by atoms with van der Waals surface area (Å²) in [4.78, 5) is 0. The summed E-state index contributed by atoms with van der Waals surface area (Å²) in [5.74, 6) is 4.12. The normalized spacial score (nSPS) is 20.7. The van der Waals surface area contributed by atoms with Gasteiger partial charge < -0.3 is 9.84 Å². The van der Waals surface area contributed by atoms with E-state index in [4.69, 9.17) is 9.84 Å². The summed E-state index contributed by atoms with van der Waals surface area (Å²) in [6.07, 6.45) is 2.64. The monoisotopic (exact) mass is 238 g/mol. The van der Waals surface area contributed by atoms with E-state index in [0.717, 1.165) is 5.75 Å². The van der Waals surface area contributed by atoms with E-state index in [9.17, 15) is 0 Å². The lowest BCUT2D eigenvalue weighted by molar-refractivity contribution is 0.201. The smallest absolute Gasteiger partial charge is 0.119 e. The average molecular weight is 238 g/mol.